The molecule has 7 nitrogen and oxygen atoms in total. The summed E-state index contributed by atoms with van der Waals surface area (Å²) < 4.78 is 10.8. The van der Waals surface area contributed by atoms with Gasteiger partial charge < -0.3 is 19.9 Å². The summed E-state index contributed by atoms with van der Waals surface area (Å²) in [5.74, 6) is 1.30. The van der Waals surface area contributed by atoms with Gasteiger partial charge >= 0.3 is 6.03 Å². The molecule has 0 saturated heterocycles. The molecule has 1 aromatic carbocycles. The van der Waals surface area contributed by atoms with E-state index >= 15 is 0 Å². The van der Waals surface area contributed by atoms with Gasteiger partial charge in [-0.1, -0.05) is 18.1 Å². The Balaban J connectivity index is 1.61. The minimum Gasteiger partial charge on any atom is -0.487 e. The molecule has 0 fully saturated rings. The van der Waals surface area contributed by atoms with E-state index in [1.807, 2.05) is 24.4 Å². The van der Waals surface area contributed by atoms with E-state index in [9.17, 15) is 4.79 Å². The number of carbonyl (C=O) groups excluding carboxylic acids is 1. The molecular weight excluding hydrogens is 340 g/mol. The lowest BCUT2D eigenvalue weighted by molar-refractivity contribution is 0.262. The molecular formula is C17H18N4O3S. The monoisotopic (exact) mass is 358 g/mol. The predicted molar refractivity (Wildman–Crippen MR) is 96.1 cm³/mol. The smallest absolute Gasteiger partial charge is 0.323 e. The highest BCUT2D eigenvalue weighted by Gasteiger charge is 2.14. The maximum atomic E-state index is 12.2. The van der Waals surface area contributed by atoms with Crippen molar-refractivity contribution in [2.45, 2.75) is 26.9 Å². The van der Waals surface area contributed by atoms with E-state index in [4.69, 9.17) is 9.26 Å². The number of carbonyl (C=O) groups is 1. The molecule has 2 heterocycles. The Bertz CT molecular complexity index is 845. The van der Waals surface area contributed by atoms with Gasteiger partial charge in [0.05, 0.1) is 11.2 Å². The van der Waals surface area contributed by atoms with E-state index in [1.165, 1.54) is 11.3 Å². The Kier molecular flexibility index (Phi) is 5.30. The van der Waals surface area contributed by atoms with Crippen molar-refractivity contribution in [2.75, 3.05) is 10.6 Å². The van der Waals surface area contributed by atoms with E-state index < -0.39 is 0 Å². The van der Waals surface area contributed by atoms with Crippen LogP contribution in [-0.2, 0) is 13.0 Å². The molecule has 0 bridgehead atoms. The summed E-state index contributed by atoms with van der Waals surface area (Å²) in [6.07, 6.45) is 0.649. The second kappa shape index (κ2) is 7.80. The summed E-state index contributed by atoms with van der Waals surface area (Å²) in [6, 6.07) is 6.82. The molecule has 130 valence electrons. The lowest BCUT2D eigenvalue weighted by Crippen LogP contribution is -2.20. The first kappa shape index (κ1) is 17.0. The number of nitrogens with zero attached hydrogens (tertiary/aromatic N) is 2. The van der Waals surface area contributed by atoms with Crippen molar-refractivity contribution in [1.29, 1.82) is 0 Å². The fraction of sp³-hybridized carbons (Fsp3) is 0.235. The maximum absolute atomic E-state index is 12.2. The quantitative estimate of drug-likeness (QED) is 0.688. The normalized spacial score (nSPS) is 10.5. The Morgan fingerprint density at radius 1 is 1.36 bits per heavy atom. The van der Waals surface area contributed by atoms with Crippen molar-refractivity contribution in [3.63, 3.8) is 0 Å². The molecule has 2 amide bonds. The van der Waals surface area contributed by atoms with Crippen LogP contribution in [-0.4, -0.2) is 16.2 Å². The van der Waals surface area contributed by atoms with Gasteiger partial charge in [-0.25, -0.2) is 9.78 Å². The zero-order chi connectivity index (χ0) is 17.6. The molecule has 0 radical (unpaired) electrons. The van der Waals surface area contributed by atoms with E-state index in [-0.39, 0.29) is 6.03 Å². The van der Waals surface area contributed by atoms with Gasteiger partial charge in [0, 0.05) is 23.6 Å². The highest BCUT2D eigenvalue weighted by molar-refractivity contribution is 7.07. The van der Waals surface area contributed by atoms with Crippen molar-refractivity contribution in [3.8, 4) is 5.75 Å². The number of hydrogen-bond acceptors (Lipinski definition) is 6. The lowest BCUT2D eigenvalue weighted by atomic mass is 10.2. The number of aryl methyl sites for hydroxylation is 2. The van der Waals surface area contributed by atoms with Gasteiger partial charge in [0.2, 0.25) is 0 Å². The van der Waals surface area contributed by atoms with Crippen molar-refractivity contribution in [1.82, 2.24) is 10.1 Å². The summed E-state index contributed by atoms with van der Waals surface area (Å²) in [4.78, 5) is 16.4. The molecule has 0 aliphatic carbocycles. The molecule has 2 N–H and O–H groups in total. The first-order chi connectivity index (χ1) is 12.2. The Morgan fingerprint density at radius 2 is 2.24 bits per heavy atom. The second-order valence-electron chi connectivity index (χ2n) is 5.30. The number of rotatable bonds is 6. The van der Waals surface area contributed by atoms with Crippen LogP contribution in [0.3, 0.4) is 0 Å². The van der Waals surface area contributed by atoms with Crippen molar-refractivity contribution < 1.29 is 14.1 Å². The third-order valence-electron chi connectivity index (χ3n) is 3.46. The van der Waals surface area contributed by atoms with Crippen molar-refractivity contribution >= 4 is 28.7 Å². The average Bonchev–Trinajstić information content (AvgIpc) is 3.24. The number of hydrogen-bond donors (Lipinski definition) is 2. The molecule has 0 atom stereocenters. The molecule has 0 aliphatic rings. The standard InChI is InChI=1S/C17H18N4O3S/c1-3-15-16(11(2)21-24-15)20-17(22)19-12-5-4-6-14(7-12)23-8-13-9-25-10-18-13/h4-7,9-10H,3,8H2,1-2H3,(H2,19,20,22). The zero-order valence-electron chi connectivity index (χ0n) is 13.9. The van der Waals surface area contributed by atoms with Gasteiger partial charge in [0.1, 0.15) is 23.7 Å². The topological polar surface area (TPSA) is 89.3 Å². The van der Waals surface area contributed by atoms with Gasteiger partial charge in [0.25, 0.3) is 0 Å². The largest absolute Gasteiger partial charge is 0.487 e. The van der Waals surface area contributed by atoms with Gasteiger partial charge in [-0.3, -0.25) is 0 Å². The molecule has 0 spiro atoms. The van der Waals surface area contributed by atoms with Crippen LogP contribution < -0.4 is 15.4 Å². The molecule has 8 heteroatoms. The van der Waals surface area contributed by atoms with Gasteiger partial charge in [-0.15, -0.1) is 11.3 Å². The van der Waals surface area contributed by atoms with Crippen LogP contribution in [0.25, 0.3) is 0 Å². The van der Waals surface area contributed by atoms with Crippen LogP contribution in [0.5, 0.6) is 5.75 Å². The second-order valence-corrected chi connectivity index (χ2v) is 6.01. The zero-order valence-corrected chi connectivity index (χ0v) is 14.7. The number of amides is 2. The molecule has 3 aromatic rings. The minimum absolute atomic E-state index is 0.363. The summed E-state index contributed by atoms with van der Waals surface area (Å²) in [6.45, 7) is 4.11. The van der Waals surface area contributed by atoms with E-state index in [0.717, 1.165) is 5.69 Å². The van der Waals surface area contributed by atoms with Crippen LogP contribution in [0.15, 0.2) is 39.7 Å². The number of aromatic nitrogens is 2. The number of nitrogens with one attached hydrogen (secondary N) is 2. The summed E-state index contributed by atoms with van der Waals surface area (Å²) in [5, 5.41) is 11.4. The van der Waals surface area contributed by atoms with Crippen molar-refractivity contribution in [3.05, 3.63) is 52.3 Å². The number of thiazole rings is 1. The first-order valence-electron chi connectivity index (χ1n) is 7.78. The van der Waals surface area contributed by atoms with Gasteiger partial charge in [-0.05, 0) is 19.1 Å². The van der Waals surface area contributed by atoms with Crippen LogP contribution >= 0.6 is 11.3 Å². The summed E-state index contributed by atoms with van der Waals surface area (Å²) in [7, 11) is 0. The molecule has 0 unspecified atom stereocenters. The van der Waals surface area contributed by atoms with Crippen LogP contribution in [0.4, 0.5) is 16.2 Å². The third kappa shape index (κ3) is 4.36. The Labute approximate surface area is 149 Å². The van der Waals surface area contributed by atoms with Gasteiger partial charge in [-0.2, -0.15) is 0 Å². The number of benzene rings is 1. The van der Waals surface area contributed by atoms with Crippen molar-refractivity contribution in [2.24, 2.45) is 0 Å². The summed E-state index contributed by atoms with van der Waals surface area (Å²) in [5.41, 5.74) is 4.51. The SMILES string of the molecule is CCc1onc(C)c1NC(=O)Nc1cccc(OCc2cscn2)c1. The van der Waals surface area contributed by atoms with Gasteiger partial charge in [0.15, 0.2) is 5.76 Å². The van der Waals surface area contributed by atoms with Crippen LogP contribution in [0.1, 0.15) is 24.1 Å². The molecule has 0 aliphatic heterocycles. The Morgan fingerprint density at radius 3 is 3.00 bits per heavy atom. The predicted octanol–water partition coefficient (Wildman–Crippen LogP) is 4.22. The first-order valence-corrected chi connectivity index (χ1v) is 8.73. The highest BCUT2D eigenvalue weighted by Crippen LogP contribution is 2.22. The maximum Gasteiger partial charge on any atom is 0.323 e. The molecule has 2 aromatic heterocycles. The fourth-order valence-corrected chi connectivity index (χ4v) is 2.77. The minimum atomic E-state index is -0.363. The van der Waals surface area contributed by atoms with Crippen LogP contribution in [0, 0.1) is 6.92 Å². The number of ether oxygens (including phenoxy) is 1. The molecule has 3 rings (SSSR count). The fourth-order valence-electron chi connectivity index (χ4n) is 2.22. The third-order valence-corrected chi connectivity index (χ3v) is 4.09. The lowest BCUT2D eigenvalue weighted by Gasteiger charge is -2.09. The molecule has 25 heavy (non-hydrogen) atoms. The summed E-state index contributed by atoms with van der Waals surface area (Å²) >= 11 is 1.52. The van der Waals surface area contributed by atoms with Crippen LogP contribution in [0.2, 0.25) is 0 Å². The van der Waals surface area contributed by atoms with E-state index in [1.54, 1.807) is 24.6 Å². The number of urea groups is 1. The average molecular weight is 358 g/mol. The number of anilines is 2. The van der Waals surface area contributed by atoms with E-state index in [0.29, 0.717) is 41.6 Å². The molecule has 0 saturated carbocycles. The Hall–Kier alpha value is -2.87. The highest BCUT2D eigenvalue weighted by atomic mass is 32.1. The van der Waals surface area contributed by atoms with E-state index in [2.05, 4.69) is 20.8 Å².